The molecule has 0 aromatic carbocycles. The van der Waals surface area contributed by atoms with Crippen molar-refractivity contribution < 1.29 is 34.5 Å². The van der Waals surface area contributed by atoms with Crippen molar-refractivity contribution in [1.82, 2.24) is 21.3 Å². The number of aliphatic hydroxyl groups excluding tert-OH is 2. The largest absolute Gasteiger partial charge is 0.480 e. The lowest BCUT2D eigenvalue weighted by Gasteiger charge is -2.27. The maximum absolute atomic E-state index is 12.7. The van der Waals surface area contributed by atoms with Gasteiger partial charge in [-0.2, -0.15) is 0 Å². The Labute approximate surface area is 181 Å². The molecule has 0 aliphatic carbocycles. The lowest BCUT2D eigenvalue weighted by molar-refractivity contribution is -0.143. The summed E-state index contributed by atoms with van der Waals surface area (Å²) in [7, 11) is 0. The molecule has 1 saturated heterocycles. The zero-order valence-electron chi connectivity index (χ0n) is 18.0. The third-order valence-electron chi connectivity index (χ3n) is 5.06. The molecule has 1 aliphatic rings. The molecule has 31 heavy (non-hydrogen) atoms. The second-order valence-corrected chi connectivity index (χ2v) is 7.79. The zero-order valence-corrected chi connectivity index (χ0v) is 18.0. The third kappa shape index (κ3) is 8.77. The number of hydrogen-bond donors (Lipinski definition) is 8. The standard InChI is InChI=1S/C19H35N5O7/c1-10(25)14(17(28)22-13(19(30)31)6-3-4-8-20)24-18(29)15(11(2)26)23-16(27)12-7-5-9-21-12/h10-15,21,25-26H,3-9,20H2,1-2H3,(H,22,28)(H,23,27)(H,24,29)(H,30,31). The van der Waals surface area contributed by atoms with Crippen molar-refractivity contribution >= 4 is 23.7 Å². The molecule has 0 saturated carbocycles. The molecule has 1 heterocycles. The van der Waals surface area contributed by atoms with E-state index in [-0.39, 0.29) is 6.42 Å². The van der Waals surface area contributed by atoms with Crippen LogP contribution in [-0.4, -0.2) is 88.5 Å². The average Bonchev–Trinajstić information content (AvgIpc) is 3.23. The Kier molecular flexibility index (Phi) is 11.4. The maximum Gasteiger partial charge on any atom is 0.326 e. The first kappa shape index (κ1) is 26.8. The number of rotatable bonds is 13. The van der Waals surface area contributed by atoms with Crippen molar-refractivity contribution in [2.75, 3.05) is 13.1 Å². The van der Waals surface area contributed by atoms with E-state index >= 15 is 0 Å². The lowest BCUT2D eigenvalue weighted by atomic mass is 10.1. The first-order chi connectivity index (χ1) is 14.6. The van der Waals surface area contributed by atoms with Crippen molar-refractivity contribution in [3.63, 3.8) is 0 Å². The predicted molar refractivity (Wildman–Crippen MR) is 111 cm³/mol. The van der Waals surface area contributed by atoms with E-state index in [0.717, 1.165) is 6.42 Å². The Bertz CT molecular complexity index is 623. The number of hydrogen-bond acceptors (Lipinski definition) is 8. The molecule has 0 radical (unpaired) electrons. The van der Waals surface area contributed by atoms with Gasteiger partial charge in [-0.25, -0.2) is 4.79 Å². The first-order valence-corrected chi connectivity index (χ1v) is 10.5. The van der Waals surface area contributed by atoms with Crippen molar-refractivity contribution in [1.29, 1.82) is 0 Å². The van der Waals surface area contributed by atoms with Gasteiger partial charge < -0.3 is 42.3 Å². The van der Waals surface area contributed by atoms with E-state index in [1.807, 2.05) is 0 Å². The van der Waals surface area contributed by atoms with Gasteiger partial charge >= 0.3 is 5.97 Å². The highest BCUT2D eigenvalue weighted by atomic mass is 16.4. The van der Waals surface area contributed by atoms with Gasteiger partial charge in [0.05, 0.1) is 18.2 Å². The van der Waals surface area contributed by atoms with Crippen molar-refractivity contribution in [2.24, 2.45) is 5.73 Å². The third-order valence-corrected chi connectivity index (χ3v) is 5.06. The molecule has 9 N–H and O–H groups in total. The molecular formula is C19H35N5O7. The van der Waals surface area contributed by atoms with Crippen LogP contribution in [0.1, 0.15) is 46.0 Å². The number of carboxylic acid groups (broad SMARTS) is 1. The molecule has 6 unspecified atom stereocenters. The number of carbonyl (C=O) groups excluding carboxylic acids is 3. The van der Waals surface area contributed by atoms with Crippen LogP contribution < -0.4 is 27.0 Å². The maximum atomic E-state index is 12.7. The number of nitrogens with two attached hydrogens (primary N) is 1. The summed E-state index contributed by atoms with van der Waals surface area (Å²) < 4.78 is 0. The van der Waals surface area contributed by atoms with E-state index < -0.39 is 60.1 Å². The SMILES string of the molecule is CC(O)C(NC(=O)C1CCCN1)C(=O)NC(C(=O)NC(CCCCN)C(=O)O)C(C)O. The van der Waals surface area contributed by atoms with Crippen molar-refractivity contribution in [3.05, 3.63) is 0 Å². The van der Waals surface area contributed by atoms with Crippen LogP contribution in [0.15, 0.2) is 0 Å². The number of aliphatic hydroxyl groups is 2. The van der Waals surface area contributed by atoms with Crippen LogP contribution >= 0.6 is 0 Å². The van der Waals surface area contributed by atoms with Crippen LogP contribution in [0.3, 0.4) is 0 Å². The second-order valence-electron chi connectivity index (χ2n) is 7.79. The molecule has 0 bridgehead atoms. The minimum atomic E-state index is -1.48. The van der Waals surface area contributed by atoms with Gasteiger partial charge in [0.2, 0.25) is 17.7 Å². The molecule has 0 spiro atoms. The van der Waals surface area contributed by atoms with E-state index in [4.69, 9.17) is 5.73 Å². The summed E-state index contributed by atoms with van der Waals surface area (Å²) in [6.45, 7) is 3.62. The van der Waals surface area contributed by atoms with Gasteiger partial charge in [-0.1, -0.05) is 0 Å². The summed E-state index contributed by atoms with van der Waals surface area (Å²) >= 11 is 0. The summed E-state index contributed by atoms with van der Waals surface area (Å²) in [4.78, 5) is 48.9. The molecular weight excluding hydrogens is 410 g/mol. The fourth-order valence-electron chi connectivity index (χ4n) is 3.23. The van der Waals surface area contributed by atoms with Gasteiger partial charge in [0.15, 0.2) is 0 Å². The number of unbranched alkanes of at least 4 members (excludes halogenated alkanes) is 1. The number of aliphatic carboxylic acids is 1. The van der Waals surface area contributed by atoms with Gasteiger partial charge in [-0.3, -0.25) is 14.4 Å². The Hall–Kier alpha value is -2.28. The molecule has 0 aromatic rings. The van der Waals surface area contributed by atoms with Crippen LogP contribution in [0.25, 0.3) is 0 Å². The molecule has 3 amide bonds. The van der Waals surface area contributed by atoms with E-state index in [1.165, 1.54) is 13.8 Å². The first-order valence-electron chi connectivity index (χ1n) is 10.5. The summed E-state index contributed by atoms with van der Waals surface area (Å²) in [6.07, 6.45) is -0.0227. The minimum absolute atomic E-state index is 0.138. The molecule has 1 aliphatic heterocycles. The molecule has 0 aromatic heterocycles. The number of carbonyl (C=O) groups is 4. The highest BCUT2D eigenvalue weighted by Crippen LogP contribution is 2.07. The summed E-state index contributed by atoms with van der Waals surface area (Å²) in [6, 6.07) is -4.52. The number of carboxylic acids is 1. The van der Waals surface area contributed by atoms with Crippen molar-refractivity contribution in [3.8, 4) is 0 Å². The molecule has 1 rings (SSSR count). The van der Waals surface area contributed by atoms with Gasteiger partial charge in [0.1, 0.15) is 18.1 Å². The Morgan fingerprint density at radius 1 is 1.00 bits per heavy atom. The number of nitrogens with one attached hydrogen (secondary N) is 4. The molecule has 12 heteroatoms. The molecule has 12 nitrogen and oxygen atoms in total. The van der Waals surface area contributed by atoms with Crippen LogP contribution in [0, 0.1) is 0 Å². The normalized spacial score (nSPS) is 20.7. The topological polar surface area (TPSA) is 203 Å². The average molecular weight is 446 g/mol. The van der Waals surface area contributed by atoms with E-state index in [0.29, 0.717) is 32.4 Å². The Balaban J connectivity index is 2.80. The second kappa shape index (κ2) is 13.2. The van der Waals surface area contributed by atoms with Gasteiger partial charge in [-0.05, 0) is 59.0 Å². The van der Waals surface area contributed by atoms with E-state index in [1.54, 1.807) is 0 Å². The summed E-state index contributed by atoms with van der Waals surface area (Å²) in [5, 5.41) is 39.3. The minimum Gasteiger partial charge on any atom is -0.480 e. The monoisotopic (exact) mass is 445 g/mol. The Morgan fingerprint density at radius 3 is 2.06 bits per heavy atom. The van der Waals surface area contributed by atoms with Gasteiger partial charge in [-0.15, -0.1) is 0 Å². The summed E-state index contributed by atoms with van der Waals surface area (Å²) in [5.41, 5.74) is 5.39. The quantitative estimate of drug-likeness (QED) is 0.137. The molecule has 6 atom stereocenters. The fraction of sp³-hybridized carbons (Fsp3) is 0.789. The van der Waals surface area contributed by atoms with Crippen LogP contribution in [0.2, 0.25) is 0 Å². The van der Waals surface area contributed by atoms with E-state index in [9.17, 15) is 34.5 Å². The zero-order chi connectivity index (χ0) is 23.6. The molecule has 1 fully saturated rings. The predicted octanol–water partition coefficient (Wildman–Crippen LogP) is -2.83. The Morgan fingerprint density at radius 2 is 1.58 bits per heavy atom. The van der Waals surface area contributed by atoms with Crippen LogP contribution in [0.4, 0.5) is 0 Å². The lowest BCUT2D eigenvalue weighted by Crippen LogP contribution is -2.61. The van der Waals surface area contributed by atoms with Crippen LogP contribution in [-0.2, 0) is 19.2 Å². The van der Waals surface area contributed by atoms with Gasteiger partial charge in [0.25, 0.3) is 0 Å². The smallest absolute Gasteiger partial charge is 0.326 e. The highest BCUT2D eigenvalue weighted by molar-refractivity contribution is 5.94. The molecule has 178 valence electrons. The van der Waals surface area contributed by atoms with Crippen molar-refractivity contribution in [2.45, 2.75) is 82.3 Å². The highest BCUT2D eigenvalue weighted by Gasteiger charge is 2.35. The van der Waals surface area contributed by atoms with Crippen LogP contribution in [0.5, 0.6) is 0 Å². The van der Waals surface area contributed by atoms with Gasteiger partial charge in [0, 0.05) is 0 Å². The summed E-state index contributed by atoms with van der Waals surface area (Å²) in [5.74, 6) is -3.48. The fourth-order valence-corrected chi connectivity index (χ4v) is 3.23. The number of amides is 3. The van der Waals surface area contributed by atoms with E-state index in [2.05, 4.69) is 21.3 Å².